The molecule has 2 aromatic carbocycles. The molecule has 0 saturated heterocycles. The van der Waals surface area contributed by atoms with Gasteiger partial charge in [-0.1, -0.05) is 23.7 Å². The van der Waals surface area contributed by atoms with Crippen molar-refractivity contribution in [2.45, 2.75) is 0 Å². The summed E-state index contributed by atoms with van der Waals surface area (Å²) in [5, 5.41) is 2.87. The number of benzene rings is 2. The van der Waals surface area contributed by atoms with Crippen molar-refractivity contribution in [2.24, 2.45) is 0 Å². The molecule has 1 N–H and O–H groups in total. The lowest BCUT2D eigenvalue weighted by Gasteiger charge is -2.17. The first-order valence-electron chi connectivity index (χ1n) is 8.17. The minimum Gasteiger partial charge on any atom is -0.480 e. The normalized spacial score (nSPS) is 10.1. The number of para-hydroxylation sites is 1. The third kappa shape index (κ3) is 6.88. The van der Waals surface area contributed by atoms with Crippen LogP contribution in [0.25, 0.3) is 0 Å². The fourth-order valence-electron chi connectivity index (χ4n) is 2.03. The molecule has 0 saturated carbocycles. The van der Waals surface area contributed by atoms with Crippen molar-refractivity contribution in [3.8, 4) is 5.75 Å². The van der Waals surface area contributed by atoms with E-state index in [2.05, 4.69) is 5.32 Å². The van der Waals surface area contributed by atoms with E-state index in [1.165, 1.54) is 31.3 Å². The summed E-state index contributed by atoms with van der Waals surface area (Å²) >= 11 is 5.90. The molecule has 0 fully saturated rings. The molecule has 9 heteroatoms. The van der Waals surface area contributed by atoms with Crippen molar-refractivity contribution in [3.63, 3.8) is 0 Å². The fourth-order valence-corrected chi connectivity index (χ4v) is 2.22. The van der Waals surface area contributed by atoms with Crippen molar-refractivity contribution in [1.29, 1.82) is 0 Å². The van der Waals surface area contributed by atoms with Gasteiger partial charge in [-0.25, -0.2) is 9.18 Å². The van der Waals surface area contributed by atoms with Crippen molar-refractivity contribution >= 4 is 35.1 Å². The van der Waals surface area contributed by atoms with Crippen LogP contribution in [0.2, 0.25) is 5.02 Å². The van der Waals surface area contributed by atoms with Crippen LogP contribution >= 0.6 is 11.6 Å². The molecule has 0 bridgehead atoms. The van der Waals surface area contributed by atoms with Crippen LogP contribution in [-0.2, 0) is 19.1 Å². The van der Waals surface area contributed by atoms with E-state index in [-0.39, 0.29) is 6.54 Å². The van der Waals surface area contributed by atoms with E-state index >= 15 is 0 Å². The lowest BCUT2D eigenvalue weighted by atomic mass is 10.3. The van der Waals surface area contributed by atoms with Crippen LogP contribution in [0.5, 0.6) is 5.75 Å². The molecule has 7 nitrogen and oxygen atoms in total. The average Bonchev–Trinajstić information content (AvgIpc) is 2.67. The van der Waals surface area contributed by atoms with Crippen molar-refractivity contribution in [1.82, 2.24) is 4.90 Å². The Bertz CT molecular complexity index is 844. The molecular formula is C19H18ClFN2O5. The van der Waals surface area contributed by atoms with Gasteiger partial charge in [0.25, 0.3) is 5.91 Å². The summed E-state index contributed by atoms with van der Waals surface area (Å²) < 4.78 is 22.9. The van der Waals surface area contributed by atoms with Crippen LogP contribution in [-0.4, -0.2) is 49.5 Å². The van der Waals surface area contributed by atoms with Gasteiger partial charge in [-0.05, 0) is 36.4 Å². The number of hydrogen-bond acceptors (Lipinski definition) is 5. The number of halogens is 2. The van der Waals surface area contributed by atoms with Crippen molar-refractivity contribution in [3.05, 3.63) is 59.4 Å². The summed E-state index contributed by atoms with van der Waals surface area (Å²) in [7, 11) is 1.39. The maximum absolute atomic E-state index is 12.8. The van der Waals surface area contributed by atoms with E-state index < -0.39 is 36.8 Å². The van der Waals surface area contributed by atoms with Gasteiger partial charge in [0, 0.05) is 12.7 Å². The second-order valence-corrected chi connectivity index (χ2v) is 6.09. The van der Waals surface area contributed by atoms with Crippen LogP contribution in [0.15, 0.2) is 48.5 Å². The van der Waals surface area contributed by atoms with Gasteiger partial charge in [-0.15, -0.1) is 0 Å². The first kappa shape index (κ1) is 21.2. The average molecular weight is 409 g/mol. The molecule has 28 heavy (non-hydrogen) atoms. The number of nitrogens with zero attached hydrogens (tertiary/aromatic N) is 1. The molecule has 0 unspecified atom stereocenters. The van der Waals surface area contributed by atoms with Gasteiger partial charge in [0.15, 0.2) is 13.2 Å². The zero-order valence-corrected chi connectivity index (χ0v) is 15.7. The standard InChI is InChI=1S/C19H18ClFN2O5/c1-23(10-17(24)22-14-8-6-13(21)7-9-14)18(25)11-28-19(26)12-27-16-5-3-2-4-15(16)20/h2-9H,10-12H2,1H3,(H,22,24). The van der Waals surface area contributed by atoms with Gasteiger partial charge in [-0.2, -0.15) is 0 Å². The molecule has 0 aromatic heterocycles. The van der Waals surface area contributed by atoms with E-state index in [9.17, 15) is 18.8 Å². The summed E-state index contributed by atoms with van der Waals surface area (Å²) in [5.41, 5.74) is 0.399. The summed E-state index contributed by atoms with van der Waals surface area (Å²) in [5.74, 6) is -1.90. The van der Waals surface area contributed by atoms with Crippen LogP contribution in [0.3, 0.4) is 0 Å². The number of likely N-dealkylation sites (N-methyl/N-ethyl adjacent to an activating group) is 1. The Morgan fingerprint density at radius 1 is 1.07 bits per heavy atom. The predicted octanol–water partition coefficient (Wildman–Crippen LogP) is 2.50. The molecular weight excluding hydrogens is 391 g/mol. The summed E-state index contributed by atoms with van der Waals surface area (Å²) in [4.78, 5) is 36.6. The zero-order chi connectivity index (χ0) is 20.5. The number of esters is 1. The molecule has 0 aliphatic carbocycles. The van der Waals surface area contributed by atoms with Crippen LogP contribution in [0, 0.1) is 5.82 Å². The Balaban J connectivity index is 1.71. The first-order valence-corrected chi connectivity index (χ1v) is 8.55. The van der Waals surface area contributed by atoms with E-state index in [0.717, 1.165) is 4.90 Å². The quantitative estimate of drug-likeness (QED) is 0.678. The summed E-state index contributed by atoms with van der Waals surface area (Å²) in [6.45, 7) is -1.21. The lowest BCUT2D eigenvalue weighted by Crippen LogP contribution is -2.37. The molecule has 2 rings (SSSR count). The Morgan fingerprint density at radius 2 is 1.75 bits per heavy atom. The number of amides is 2. The maximum atomic E-state index is 12.8. The molecule has 0 aliphatic rings. The van der Waals surface area contributed by atoms with Gasteiger partial charge in [0.1, 0.15) is 11.6 Å². The number of rotatable bonds is 8. The van der Waals surface area contributed by atoms with Gasteiger partial charge in [-0.3, -0.25) is 9.59 Å². The highest BCUT2D eigenvalue weighted by molar-refractivity contribution is 6.32. The Morgan fingerprint density at radius 3 is 2.43 bits per heavy atom. The second-order valence-electron chi connectivity index (χ2n) is 5.68. The SMILES string of the molecule is CN(CC(=O)Nc1ccc(F)cc1)C(=O)COC(=O)COc1ccccc1Cl. The Kier molecular flexibility index (Phi) is 7.76. The second kappa shape index (κ2) is 10.3. The number of ether oxygens (including phenoxy) is 2. The fraction of sp³-hybridized carbons (Fsp3) is 0.211. The number of hydrogen-bond donors (Lipinski definition) is 1. The Labute approximate surface area is 166 Å². The van der Waals surface area contributed by atoms with Crippen LogP contribution < -0.4 is 10.1 Å². The monoisotopic (exact) mass is 408 g/mol. The number of anilines is 1. The molecule has 0 aliphatic heterocycles. The van der Waals surface area contributed by atoms with Crippen LogP contribution in [0.4, 0.5) is 10.1 Å². The van der Waals surface area contributed by atoms with E-state index in [1.807, 2.05) is 0 Å². The predicted molar refractivity (Wildman–Crippen MR) is 101 cm³/mol. The highest BCUT2D eigenvalue weighted by Crippen LogP contribution is 2.22. The third-order valence-electron chi connectivity index (χ3n) is 3.47. The molecule has 0 atom stereocenters. The molecule has 148 valence electrons. The minimum atomic E-state index is -0.752. The minimum absolute atomic E-state index is 0.260. The van der Waals surface area contributed by atoms with Gasteiger partial charge < -0.3 is 19.7 Å². The van der Waals surface area contributed by atoms with Gasteiger partial charge in [0.05, 0.1) is 11.6 Å². The molecule has 0 heterocycles. The number of carbonyl (C=O) groups is 3. The topological polar surface area (TPSA) is 84.9 Å². The Hall–Kier alpha value is -3.13. The highest BCUT2D eigenvalue weighted by atomic mass is 35.5. The van der Waals surface area contributed by atoms with Gasteiger partial charge in [0.2, 0.25) is 5.91 Å². The van der Waals surface area contributed by atoms with Crippen LogP contribution in [0.1, 0.15) is 0 Å². The summed E-state index contributed by atoms with van der Waals surface area (Å²) in [6.07, 6.45) is 0. The van der Waals surface area contributed by atoms with Crippen molar-refractivity contribution in [2.75, 3.05) is 32.1 Å². The van der Waals surface area contributed by atoms with E-state index in [0.29, 0.717) is 16.5 Å². The third-order valence-corrected chi connectivity index (χ3v) is 3.79. The lowest BCUT2D eigenvalue weighted by molar-refractivity contribution is -0.153. The largest absolute Gasteiger partial charge is 0.480 e. The molecule has 2 amide bonds. The maximum Gasteiger partial charge on any atom is 0.344 e. The summed E-state index contributed by atoms with van der Waals surface area (Å²) in [6, 6.07) is 11.8. The van der Waals surface area contributed by atoms with Gasteiger partial charge >= 0.3 is 5.97 Å². The number of nitrogens with one attached hydrogen (secondary N) is 1. The molecule has 0 radical (unpaired) electrons. The molecule has 2 aromatic rings. The van der Waals surface area contributed by atoms with E-state index in [4.69, 9.17) is 21.1 Å². The van der Waals surface area contributed by atoms with E-state index in [1.54, 1.807) is 24.3 Å². The zero-order valence-electron chi connectivity index (χ0n) is 15.0. The molecule has 0 spiro atoms. The van der Waals surface area contributed by atoms with Crippen molar-refractivity contribution < 1.29 is 28.2 Å². The number of carbonyl (C=O) groups excluding carboxylic acids is 3. The first-order chi connectivity index (χ1) is 13.3. The smallest absolute Gasteiger partial charge is 0.344 e. The highest BCUT2D eigenvalue weighted by Gasteiger charge is 2.16.